The van der Waals surface area contributed by atoms with Crippen molar-refractivity contribution in [1.29, 1.82) is 0 Å². The summed E-state index contributed by atoms with van der Waals surface area (Å²) in [5.74, 6) is 1.09. The maximum Gasteiger partial charge on any atom is 0.187 e. The van der Waals surface area contributed by atoms with Gasteiger partial charge in [-0.1, -0.05) is 74.0 Å². The highest BCUT2D eigenvalue weighted by Gasteiger charge is 2.68. The van der Waals surface area contributed by atoms with Gasteiger partial charge in [0, 0.05) is 5.41 Å². The van der Waals surface area contributed by atoms with E-state index in [0.29, 0.717) is 31.1 Å². The number of aliphatic hydroxyl groups excluding tert-OH is 17. The lowest BCUT2D eigenvalue weighted by Gasteiger charge is -2.66. The van der Waals surface area contributed by atoms with E-state index in [-0.39, 0.29) is 28.1 Å². The molecule has 5 saturated heterocycles. The molecule has 0 amide bonds. The molecule has 9 aliphatic rings. The molecule has 0 aromatic rings. The van der Waals surface area contributed by atoms with Crippen molar-refractivity contribution in [2.45, 2.75) is 286 Å². The first-order valence-electron chi connectivity index (χ1n) is 31.7. The smallest absolute Gasteiger partial charge is 0.187 e. The van der Waals surface area contributed by atoms with Crippen LogP contribution in [-0.4, -0.2) is 286 Å². The summed E-state index contributed by atoms with van der Waals surface area (Å²) < 4.78 is 60.3. The summed E-state index contributed by atoms with van der Waals surface area (Å²) in [6.45, 7) is 16.5. The molecule has 5 aliphatic heterocycles. The largest absolute Gasteiger partial charge is 0.394 e. The van der Waals surface area contributed by atoms with E-state index in [1.54, 1.807) is 0 Å². The van der Waals surface area contributed by atoms with Gasteiger partial charge >= 0.3 is 0 Å². The Balaban J connectivity index is 0.872. The molecule has 0 radical (unpaired) electrons. The fourth-order valence-electron chi connectivity index (χ4n) is 17.2. The lowest BCUT2D eigenvalue weighted by molar-refractivity contribution is -0.379. The average Bonchev–Trinajstić information content (AvgIpc) is 1.34. The zero-order valence-electron chi connectivity index (χ0n) is 52.1. The Kier molecular flexibility index (Phi) is 22.1. The summed E-state index contributed by atoms with van der Waals surface area (Å²) in [7, 11) is 0. The van der Waals surface area contributed by atoms with Crippen LogP contribution >= 0.6 is 0 Å². The van der Waals surface area contributed by atoms with E-state index >= 15 is 0 Å². The number of fused-ring (bicyclic) bond motifs is 5. The van der Waals surface area contributed by atoms with Crippen LogP contribution in [0, 0.1) is 50.7 Å². The van der Waals surface area contributed by atoms with Crippen LogP contribution in [0.2, 0.25) is 0 Å². The molecular formula is C61H104O27. The molecule has 0 aromatic carbocycles. The monoisotopic (exact) mass is 1270 g/mol. The molecule has 88 heavy (non-hydrogen) atoms. The Morgan fingerprint density at radius 3 is 1.50 bits per heavy atom. The van der Waals surface area contributed by atoms with Gasteiger partial charge in [-0.25, -0.2) is 0 Å². The minimum absolute atomic E-state index is 0.0450. The number of allylic oxidation sites excluding steroid dienone is 1. The van der Waals surface area contributed by atoms with Gasteiger partial charge in [-0.15, -0.1) is 0 Å². The molecule has 0 spiro atoms. The van der Waals surface area contributed by atoms with Gasteiger partial charge in [0.25, 0.3) is 0 Å². The molecule has 0 bridgehead atoms. The highest BCUT2D eigenvalue weighted by atomic mass is 16.8. The third kappa shape index (κ3) is 12.9. The third-order valence-electron chi connectivity index (χ3n) is 23.0. The molecule has 27 nitrogen and oxygen atoms in total. The van der Waals surface area contributed by atoms with Crippen molar-refractivity contribution in [2.75, 3.05) is 33.0 Å². The van der Waals surface area contributed by atoms with Gasteiger partial charge in [0.1, 0.15) is 122 Å². The number of hydrogen-bond donors (Lipinski definition) is 17. The molecule has 8 fully saturated rings. The Morgan fingerprint density at radius 1 is 0.489 bits per heavy atom. The van der Waals surface area contributed by atoms with Crippen LogP contribution in [0.15, 0.2) is 11.6 Å². The van der Waals surface area contributed by atoms with Gasteiger partial charge in [0.2, 0.25) is 0 Å². The maximum atomic E-state index is 11.9. The molecule has 27 heteroatoms. The van der Waals surface area contributed by atoms with Crippen LogP contribution in [0.25, 0.3) is 0 Å². The topological polar surface area (TPSA) is 436 Å². The summed E-state index contributed by atoms with van der Waals surface area (Å²) in [5, 5.41) is 181. The Bertz CT molecular complexity index is 2300. The van der Waals surface area contributed by atoms with Crippen LogP contribution in [0.4, 0.5) is 0 Å². The molecular weight excluding hydrogens is 1160 g/mol. The van der Waals surface area contributed by atoms with E-state index in [4.69, 9.17) is 47.4 Å². The first-order valence-corrected chi connectivity index (χ1v) is 31.7. The van der Waals surface area contributed by atoms with Crippen molar-refractivity contribution in [2.24, 2.45) is 50.7 Å². The van der Waals surface area contributed by atoms with Crippen molar-refractivity contribution < 1.29 is 134 Å². The van der Waals surface area contributed by atoms with Crippen LogP contribution in [0.3, 0.4) is 0 Å². The average molecular weight is 1270 g/mol. The predicted molar refractivity (Wildman–Crippen MR) is 302 cm³/mol. The zero-order chi connectivity index (χ0) is 64.7. The summed E-state index contributed by atoms with van der Waals surface area (Å²) in [6.07, 6.45) is -31.7. The van der Waals surface area contributed by atoms with Gasteiger partial charge in [-0.3, -0.25) is 0 Å². The molecule has 3 saturated carbocycles. The van der Waals surface area contributed by atoms with E-state index in [2.05, 4.69) is 47.6 Å². The Morgan fingerprint density at radius 2 is 0.955 bits per heavy atom. The molecule has 4 aliphatic carbocycles. The predicted octanol–water partition coefficient (Wildman–Crippen LogP) is -3.10. The maximum absolute atomic E-state index is 11.9. The number of ether oxygens (including phenoxy) is 10. The fourth-order valence-corrected chi connectivity index (χ4v) is 17.2. The van der Waals surface area contributed by atoms with Gasteiger partial charge in [0.15, 0.2) is 31.5 Å². The lowest BCUT2D eigenvalue weighted by Crippen LogP contribution is -2.65. The van der Waals surface area contributed by atoms with Crippen LogP contribution in [0.5, 0.6) is 0 Å². The Labute approximate surface area is 514 Å². The molecule has 28 unspecified atom stereocenters. The fraction of sp³-hybridized carbons (Fsp3) is 0.967. The van der Waals surface area contributed by atoms with Gasteiger partial charge in [0.05, 0.1) is 45.2 Å². The molecule has 510 valence electrons. The highest BCUT2D eigenvalue weighted by Crippen LogP contribution is 2.75. The summed E-state index contributed by atoms with van der Waals surface area (Å²) in [5.41, 5.74) is -0.0202. The standard InChI is InChI=1S/C61H104O27/c1-25(10-14-35(57(2,3)4)85-56-51(88-55-48(77)43(72)39(68)31(22-64)82-55)44(73)40(69)33(84-56)24-79-52-46(75)41(70)37(66)29(20-62)80-52)26-16-17-61(9)34-13-11-27-28(59(34,7)18-19-60(26,61)8)12-15-36(58(27,5)6)86-53-49(78)45(74)50(32(23-65)83-53)87-54-47(76)42(71)38(67)30(21-63)81-54/h11,25-26,28-56,62-78H,10,12-24H2,1-9H3/t25-,26-,28?,29?,30?,31?,32?,33?,34?,35?,36+,37?,38?,39?,40?,41?,42?,43?,44?,45?,46?,47?,48?,49?,50?,51?,52?,53?,54?,55?,56?,59+,60-,61+/m1/s1. The van der Waals surface area contributed by atoms with Crippen molar-refractivity contribution in [3.8, 4) is 0 Å². The molecule has 17 N–H and O–H groups in total. The second-order valence-corrected chi connectivity index (χ2v) is 29.3. The number of aliphatic hydroxyl groups is 17. The van der Waals surface area contributed by atoms with Gasteiger partial charge < -0.3 is 134 Å². The summed E-state index contributed by atoms with van der Waals surface area (Å²) in [6, 6.07) is 0. The molecule has 0 aromatic heterocycles. The minimum Gasteiger partial charge on any atom is -0.394 e. The number of rotatable bonds is 19. The minimum atomic E-state index is -1.88. The third-order valence-corrected chi connectivity index (χ3v) is 23.0. The van der Waals surface area contributed by atoms with Crippen molar-refractivity contribution in [3.05, 3.63) is 11.6 Å². The Hall–Kier alpha value is -1.34. The molecule has 9 rings (SSSR count). The van der Waals surface area contributed by atoms with Crippen molar-refractivity contribution in [3.63, 3.8) is 0 Å². The number of hydrogen-bond acceptors (Lipinski definition) is 27. The van der Waals surface area contributed by atoms with E-state index in [1.165, 1.54) is 5.57 Å². The first kappa shape index (κ1) is 71.0. The first-order chi connectivity index (χ1) is 41.2. The highest BCUT2D eigenvalue weighted by molar-refractivity contribution is 5.30. The zero-order valence-corrected chi connectivity index (χ0v) is 52.1. The quantitative estimate of drug-likeness (QED) is 0.0570. The van der Waals surface area contributed by atoms with E-state index in [0.717, 1.165) is 38.5 Å². The SMILES string of the molecule is C[C@H](CCC(OC1OC(COC2OC(CO)C(O)C(O)C2O)C(O)C(O)C1OC1OC(CO)C(O)C(O)C1O)C(C)(C)C)[C@H]1CC[C@@]2(C)C3CC=C4C(CC[C@H](OC5OC(CO)C(OC6OC(CO)C(O)C(O)C6O)C(O)C5O)C4(C)C)[C@]3(C)CC[C@]12C. The van der Waals surface area contributed by atoms with Crippen molar-refractivity contribution >= 4 is 0 Å². The second-order valence-electron chi connectivity index (χ2n) is 29.3. The second kappa shape index (κ2) is 27.4. The molecule has 5 heterocycles. The van der Waals surface area contributed by atoms with Crippen molar-refractivity contribution in [1.82, 2.24) is 0 Å². The van der Waals surface area contributed by atoms with Crippen LogP contribution < -0.4 is 0 Å². The molecule has 34 atom stereocenters. The van der Waals surface area contributed by atoms with Crippen LogP contribution in [0.1, 0.15) is 120 Å². The van der Waals surface area contributed by atoms with E-state index in [9.17, 15) is 86.8 Å². The summed E-state index contributed by atoms with van der Waals surface area (Å²) in [4.78, 5) is 0. The van der Waals surface area contributed by atoms with Gasteiger partial charge in [-0.05, 0) is 103 Å². The lowest BCUT2D eigenvalue weighted by atomic mass is 9.39. The van der Waals surface area contributed by atoms with E-state index in [1.807, 2.05) is 20.8 Å². The van der Waals surface area contributed by atoms with E-state index < -0.39 is 210 Å². The van der Waals surface area contributed by atoms with Crippen LogP contribution in [-0.2, 0) is 47.4 Å². The summed E-state index contributed by atoms with van der Waals surface area (Å²) >= 11 is 0. The normalized spacial score (nSPS) is 51.4. The van der Waals surface area contributed by atoms with Gasteiger partial charge in [-0.2, -0.15) is 0 Å².